The summed E-state index contributed by atoms with van der Waals surface area (Å²) >= 11 is 0. The van der Waals surface area contributed by atoms with Crippen LogP contribution in [0.3, 0.4) is 0 Å². The monoisotopic (exact) mass is 261 g/mol. The molecule has 0 spiro atoms. The Morgan fingerprint density at radius 3 is 3.00 bits per heavy atom. The number of benzene rings is 1. The van der Waals surface area contributed by atoms with Crippen LogP contribution < -0.4 is 10.1 Å². The van der Waals surface area contributed by atoms with E-state index < -0.39 is 0 Å². The molecular formula is C17H27NO. The lowest BCUT2D eigenvalue weighted by Crippen LogP contribution is -2.22. The van der Waals surface area contributed by atoms with Crippen LogP contribution in [-0.4, -0.2) is 13.7 Å². The maximum Gasteiger partial charge on any atom is 0.122 e. The molecule has 2 rings (SSSR count). The molecule has 1 aliphatic rings. The number of hydrogen-bond acceptors (Lipinski definition) is 2. The molecule has 0 bridgehead atoms. The van der Waals surface area contributed by atoms with Crippen LogP contribution >= 0.6 is 0 Å². The van der Waals surface area contributed by atoms with Gasteiger partial charge in [-0.3, -0.25) is 0 Å². The molecule has 1 aromatic carbocycles. The summed E-state index contributed by atoms with van der Waals surface area (Å²) < 4.78 is 6.08. The van der Waals surface area contributed by atoms with Gasteiger partial charge in [-0.2, -0.15) is 0 Å². The molecule has 0 aromatic heterocycles. The molecule has 0 heterocycles. The van der Waals surface area contributed by atoms with E-state index >= 15 is 0 Å². The first kappa shape index (κ1) is 14.4. The second kappa shape index (κ2) is 6.95. The molecule has 19 heavy (non-hydrogen) atoms. The van der Waals surface area contributed by atoms with Crippen LogP contribution in [0.4, 0.5) is 0 Å². The van der Waals surface area contributed by atoms with E-state index in [1.165, 1.54) is 36.8 Å². The van der Waals surface area contributed by atoms with Crippen LogP contribution in [0.5, 0.6) is 5.75 Å². The lowest BCUT2D eigenvalue weighted by atomic mass is 9.87. The largest absolute Gasteiger partial charge is 0.493 e. The highest BCUT2D eigenvalue weighted by Crippen LogP contribution is 2.35. The molecule has 0 fully saturated rings. The Morgan fingerprint density at radius 1 is 1.42 bits per heavy atom. The van der Waals surface area contributed by atoms with E-state index in [1.807, 2.05) is 0 Å². The van der Waals surface area contributed by atoms with Gasteiger partial charge in [0.2, 0.25) is 0 Å². The second-order valence-electron chi connectivity index (χ2n) is 5.76. The normalized spacial score (nSPS) is 19.8. The summed E-state index contributed by atoms with van der Waals surface area (Å²) in [5.41, 5.74) is 2.87. The minimum atomic E-state index is 0.500. The fourth-order valence-corrected chi connectivity index (χ4v) is 3.06. The second-order valence-corrected chi connectivity index (χ2v) is 5.76. The standard InChI is InChI=1S/C17H27NO/c1-4-7-13(2)12-19-17-11-6-8-14-15(17)9-5-10-16(14)18-3/h6,8,11,13,16,18H,4-5,7,9-10,12H2,1-3H3. The number of rotatable bonds is 6. The Hall–Kier alpha value is -1.02. The Labute approximate surface area is 117 Å². The van der Waals surface area contributed by atoms with Gasteiger partial charge in [-0.25, -0.2) is 0 Å². The van der Waals surface area contributed by atoms with Crippen molar-refractivity contribution in [2.45, 2.75) is 52.0 Å². The number of fused-ring (bicyclic) bond motifs is 1. The van der Waals surface area contributed by atoms with Crippen LogP contribution in [0.1, 0.15) is 56.7 Å². The fourth-order valence-electron chi connectivity index (χ4n) is 3.06. The van der Waals surface area contributed by atoms with E-state index in [0.717, 1.165) is 18.8 Å². The van der Waals surface area contributed by atoms with Crippen molar-refractivity contribution in [1.82, 2.24) is 5.32 Å². The fraction of sp³-hybridized carbons (Fsp3) is 0.647. The molecule has 2 nitrogen and oxygen atoms in total. The van der Waals surface area contributed by atoms with Gasteiger partial charge in [0.1, 0.15) is 5.75 Å². The summed E-state index contributed by atoms with van der Waals surface area (Å²) in [5.74, 6) is 1.75. The first-order valence-electron chi connectivity index (χ1n) is 7.68. The number of hydrogen-bond donors (Lipinski definition) is 1. The van der Waals surface area contributed by atoms with Crippen molar-refractivity contribution in [2.24, 2.45) is 5.92 Å². The summed E-state index contributed by atoms with van der Waals surface area (Å²) in [6.45, 7) is 5.35. The molecule has 106 valence electrons. The predicted molar refractivity (Wildman–Crippen MR) is 80.7 cm³/mol. The van der Waals surface area contributed by atoms with Crippen molar-refractivity contribution < 1.29 is 4.74 Å². The van der Waals surface area contributed by atoms with Gasteiger partial charge in [0.25, 0.3) is 0 Å². The van der Waals surface area contributed by atoms with Crippen molar-refractivity contribution in [2.75, 3.05) is 13.7 Å². The van der Waals surface area contributed by atoms with Gasteiger partial charge < -0.3 is 10.1 Å². The van der Waals surface area contributed by atoms with E-state index in [-0.39, 0.29) is 0 Å². The average Bonchev–Trinajstić information content (AvgIpc) is 2.44. The Morgan fingerprint density at radius 2 is 2.26 bits per heavy atom. The molecule has 0 saturated heterocycles. The van der Waals surface area contributed by atoms with Crippen LogP contribution in [0.25, 0.3) is 0 Å². The summed E-state index contributed by atoms with van der Waals surface area (Å²) in [6.07, 6.45) is 6.13. The maximum atomic E-state index is 6.08. The van der Waals surface area contributed by atoms with E-state index in [4.69, 9.17) is 4.74 Å². The zero-order valence-corrected chi connectivity index (χ0v) is 12.5. The third-order valence-electron chi connectivity index (χ3n) is 4.12. The van der Waals surface area contributed by atoms with Gasteiger partial charge >= 0.3 is 0 Å². The molecule has 0 saturated carbocycles. The lowest BCUT2D eigenvalue weighted by molar-refractivity contribution is 0.248. The highest BCUT2D eigenvalue weighted by atomic mass is 16.5. The van der Waals surface area contributed by atoms with E-state index in [9.17, 15) is 0 Å². The lowest BCUT2D eigenvalue weighted by Gasteiger charge is -2.27. The van der Waals surface area contributed by atoms with Crippen LogP contribution in [0.15, 0.2) is 18.2 Å². The molecule has 0 radical (unpaired) electrons. The van der Waals surface area contributed by atoms with Crippen molar-refractivity contribution in [3.05, 3.63) is 29.3 Å². The van der Waals surface area contributed by atoms with Crippen molar-refractivity contribution >= 4 is 0 Å². The van der Waals surface area contributed by atoms with Gasteiger partial charge in [0.05, 0.1) is 6.61 Å². The zero-order chi connectivity index (χ0) is 13.7. The molecule has 1 N–H and O–H groups in total. The van der Waals surface area contributed by atoms with Gasteiger partial charge in [-0.05, 0) is 55.8 Å². The van der Waals surface area contributed by atoms with Gasteiger partial charge in [-0.15, -0.1) is 0 Å². The Balaban J connectivity index is 2.09. The van der Waals surface area contributed by atoms with E-state index in [0.29, 0.717) is 12.0 Å². The molecule has 2 atom stereocenters. The van der Waals surface area contributed by atoms with Gasteiger partial charge in [-0.1, -0.05) is 32.4 Å². The third kappa shape index (κ3) is 3.50. The zero-order valence-electron chi connectivity index (χ0n) is 12.5. The average molecular weight is 261 g/mol. The molecule has 2 heteroatoms. The topological polar surface area (TPSA) is 21.3 Å². The predicted octanol–water partition coefficient (Wildman–Crippen LogP) is 4.10. The number of nitrogens with one attached hydrogen (secondary N) is 1. The molecular weight excluding hydrogens is 234 g/mol. The first-order valence-corrected chi connectivity index (χ1v) is 7.68. The van der Waals surface area contributed by atoms with E-state index in [2.05, 4.69) is 44.4 Å². The van der Waals surface area contributed by atoms with Gasteiger partial charge in [0.15, 0.2) is 0 Å². The number of ether oxygens (including phenoxy) is 1. The van der Waals surface area contributed by atoms with Crippen LogP contribution in [-0.2, 0) is 6.42 Å². The summed E-state index contributed by atoms with van der Waals surface area (Å²) in [5, 5.41) is 3.42. The van der Waals surface area contributed by atoms with Gasteiger partial charge in [0, 0.05) is 6.04 Å². The quantitative estimate of drug-likeness (QED) is 0.832. The summed E-state index contributed by atoms with van der Waals surface area (Å²) in [4.78, 5) is 0. The minimum absolute atomic E-state index is 0.500. The van der Waals surface area contributed by atoms with Crippen molar-refractivity contribution in [3.8, 4) is 5.75 Å². The molecule has 1 aliphatic carbocycles. The smallest absolute Gasteiger partial charge is 0.122 e. The third-order valence-corrected chi connectivity index (χ3v) is 4.12. The Bertz CT molecular complexity index is 402. The molecule has 2 unspecified atom stereocenters. The Kier molecular flexibility index (Phi) is 5.26. The summed E-state index contributed by atoms with van der Waals surface area (Å²) in [7, 11) is 2.05. The van der Waals surface area contributed by atoms with Crippen LogP contribution in [0.2, 0.25) is 0 Å². The maximum absolute atomic E-state index is 6.08. The highest BCUT2D eigenvalue weighted by Gasteiger charge is 2.21. The molecule has 1 aromatic rings. The van der Waals surface area contributed by atoms with Crippen molar-refractivity contribution in [3.63, 3.8) is 0 Å². The van der Waals surface area contributed by atoms with Crippen molar-refractivity contribution in [1.29, 1.82) is 0 Å². The molecule has 0 amide bonds. The SMILES string of the molecule is CCCC(C)COc1cccc2c1CCCC2NC. The first-order chi connectivity index (χ1) is 9.26. The highest BCUT2D eigenvalue weighted by molar-refractivity contribution is 5.43. The van der Waals surface area contributed by atoms with E-state index in [1.54, 1.807) is 0 Å². The summed E-state index contributed by atoms with van der Waals surface area (Å²) in [6, 6.07) is 7.02. The minimum Gasteiger partial charge on any atom is -0.493 e. The molecule has 0 aliphatic heterocycles. The van der Waals surface area contributed by atoms with Crippen LogP contribution in [0, 0.1) is 5.92 Å².